The fraction of sp³-hybridized carbons (Fsp3) is 0.588. The second kappa shape index (κ2) is 7.51. The number of amides is 2. The largest absolute Gasteiger partial charge is 0.444 e. The highest BCUT2D eigenvalue weighted by Gasteiger charge is 2.27. The molecular formula is C17H25N3O4. The van der Waals surface area contributed by atoms with Gasteiger partial charge in [-0.25, -0.2) is 4.79 Å². The van der Waals surface area contributed by atoms with E-state index in [2.05, 4.69) is 5.32 Å². The first-order valence-corrected chi connectivity index (χ1v) is 8.17. The van der Waals surface area contributed by atoms with Crippen LogP contribution in [0.25, 0.3) is 0 Å². The minimum atomic E-state index is -0.509. The lowest BCUT2D eigenvalue weighted by molar-refractivity contribution is -0.122. The molecule has 1 aliphatic rings. The molecule has 0 atom stereocenters. The van der Waals surface area contributed by atoms with E-state index in [1.165, 1.54) is 10.6 Å². The summed E-state index contributed by atoms with van der Waals surface area (Å²) in [5, 5.41) is 2.92. The molecule has 2 amide bonds. The van der Waals surface area contributed by atoms with Gasteiger partial charge in [0.15, 0.2) is 0 Å². The summed E-state index contributed by atoms with van der Waals surface area (Å²) in [6.45, 7) is 6.61. The number of hydrogen-bond acceptors (Lipinski definition) is 4. The van der Waals surface area contributed by atoms with E-state index in [-0.39, 0.29) is 30.1 Å². The summed E-state index contributed by atoms with van der Waals surface area (Å²) >= 11 is 0. The van der Waals surface area contributed by atoms with Crippen LogP contribution in [0.3, 0.4) is 0 Å². The summed E-state index contributed by atoms with van der Waals surface area (Å²) in [7, 11) is 0. The summed E-state index contributed by atoms with van der Waals surface area (Å²) < 4.78 is 6.71. The molecule has 1 saturated heterocycles. The smallest absolute Gasteiger partial charge is 0.410 e. The van der Waals surface area contributed by atoms with Gasteiger partial charge in [-0.3, -0.25) is 9.59 Å². The molecule has 1 N–H and O–H groups in total. The van der Waals surface area contributed by atoms with E-state index in [0.29, 0.717) is 25.9 Å². The lowest BCUT2D eigenvalue weighted by atomic mass is 10.1. The molecule has 7 heteroatoms. The fourth-order valence-corrected chi connectivity index (χ4v) is 2.55. The van der Waals surface area contributed by atoms with E-state index in [4.69, 9.17) is 4.74 Å². The van der Waals surface area contributed by atoms with Crippen molar-refractivity contribution in [3.8, 4) is 0 Å². The summed E-state index contributed by atoms with van der Waals surface area (Å²) in [6.07, 6.45) is 2.62. The maximum atomic E-state index is 12.1. The Labute approximate surface area is 141 Å². The van der Waals surface area contributed by atoms with Gasteiger partial charge in [-0.05, 0) is 39.7 Å². The van der Waals surface area contributed by atoms with E-state index in [0.717, 1.165) is 0 Å². The van der Waals surface area contributed by atoms with Crippen molar-refractivity contribution >= 4 is 12.0 Å². The Kier molecular flexibility index (Phi) is 5.64. The quantitative estimate of drug-likeness (QED) is 0.904. The van der Waals surface area contributed by atoms with Crippen molar-refractivity contribution in [2.24, 2.45) is 0 Å². The van der Waals surface area contributed by atoms with E-state index in [1.807, 2.05) is 20.8 Å². The molecule has 2 heterocycles. The van der Waals surface area contributed by atoms with Crippen LogP contribution in [0.1, 0.15) is 33.6 Å². The molecule has 24 heavy (non-hydrogen) atoms. The first-order chi connectivity index (χ1) is 11.2. The number of ether oxygens (including phenoxy) is 1. The van der Waals surface area contributed by atoms with Crippen LogP contribution in [0.4, 0.5) is 4.79 Å². The number of hydrogen-bond donors (Lipinski definition) is 1. The van der Waals surface area contributed by atoms with Crippen LogP contribution >= 0.6 is 0 Å². The van der Waals surface area contributed by atoms with E-state index in [9.17, 15) is 14.4 Å². The molecule has 0 bridgehead atoms. The third-order valence-electron chi connectivity index (χ3n) is 3.72. The number of piperidine rings is 1. The molecule has 0 aliphatic carbocycles. The van der Waals surface area contributed by atoms with Crippen LogP contribution in [0.2, 0.25) is 0 Å². The second-order valence-electron chi connectivity index (χ2n) is 6.98. The van der Waals surface area contributed by atoms with Crippen LogP contribution in [0.5, 0.6) is 0 Å². The molecule has 0 radical (unpaired) electrons. The summed E-state index contributed by atoms with van der Waals surface area (Å²) in [5.41, 5.74) is -0.710. The molecule has 0 aromatic carbocycles. The first kappa shape index (κ1) is 18.0. The average Bonchev–Trinajstić information content (AvgIpc) is 2.48. The number of rotatable bonds is 3. The Morgan fingerprint density at radius 2 is 1.92 bits per heavy atom. The summed E-state index contributed by atoms with van der Waals surface area (Å²) in [4.78, 5) is 37.3. The molecule has 132 valence electrons. The van der Waals surface area contributed by atoms with Crippen LogP contribution in [0, 0.1) is 0 Å². The van der Waals surface area contributed by atoms with Crippen molar-refractivity contribution in [2.45, 2.75) is 51.8 Å². The SMILES string of the molecule is CC(C)(C)OC(=O)N1CCC(NC(=O)Cn2ccccc2=O)CC1. The molecule has 0 unspecified atom stereocenters. The van der Waals surface area contributed by atoms with E-state index >= 15 is 0 Å². The van der Waals surface area contributed by atoms with Crippen molar-refractivity contribution < 1.29 is 14.3 Å². The maximum absolute atomic E-state index is 12.1. The predicted molar refractivity (Wildman–Crippen MR) is 89.7 cm³/mol. The van der Waals surface area contributed by atoms with Crippen molar-refractivity contribution in [3.63, 3.8) is 0 Å². The zero-order valence-corrected chi connectivity index (χ0v) is 14.4. The number of pyridine rings is 1. The summed E-state index contributed by atoms with van der Waals surface area (Å²) in [5.74, 6) is -0.195. The maximum Gasteiger partial charge on any atom is 0.410 e. The third-order valence-corrected chi connectivity index (χ3v) is 3.72. The van der Waals surface area contributed by atoms with Crippen LogP contribution in [-0.4, -0.2) is 46.2 Å². The lowest BCUT2D eigenvalue weighted by Gasteiger charge is -2.33. The van der Waals surface area contributed by atoms with Gasteiger partial charge in [0.25, 0.3) is 5.56 Å². The van der Waals surface area contributed by atoms with Gasteiger partial charge in [-0.1, -0.05) is 6.07 Å². The van der Waals surface area contributed by atoms with Gasteiger partial charge in [-0.2, -0.15) is 0 Å². The Morgan fingerprint density at radius 1 is 1.25 bits per heavy atom. The molecule has 2 rings (SSSR count). The van der Waals surface area contributed by atoms with E-state index in [1.54, 1.807) is 23.2 Å². The fourth-order valence-electron chi connectivity index (χ4n) is 2.55. The normalized spacial score (nSPS) is 15.9. The first-order valence-electron chi connectivity index (χ1n) is 8.17. The van der Waals surface area contributed by atoms with Crippen molar-refractivity contribution in [2.75, 3.05) is 13.1 Å². The average molecular weight is 335 g/mol. The zero-order valence-electron chi connectivity index (χ0n) is 14.4. The minimum absolute atomic E-state index is 0.00591. The van der Waals surface area contributed by atoms with Gasteiger partial charge in [0, 0.05) is 31.4 Å². The number of nitrogens with one attached hydrogen (secondary N) is 1. The van der Waals surface area contributed by atoms with Gasteiger partial charge in [0.05, 0.1) is 0 Å². The van der Waals surface area contributed by atoms with Gasteiger partial charge in [-0.15, -0.1) is 0 Å². The predicted octanol–water partition coefficient (Wildman–Crippen LogP) is 1.36. The van der Waals surface area contributed by atoms with Crippen molar-refractivity contribution in [1.29, 1.82) is 0 Å². The zero-order chi connectivity index (χ0) is 17.7. The van der Waals surface area contributed by atoms with Crippen LogP contribution < -0.4 is 10.9 Å². The molecule has 0 spiro atoms. The number of aromatic nitrogens is 1. The molecule has 1 aromatic heterocycles. The Morgan fingerprint density at radius 3 is 2.50 bits per heavy atom. The number of nitrogens with zero attached hydrogens (tertiary/aromatic N) is 2. The molecule has 1 fully saturated rings. The van der Waals surface area contributed by atoms with Crippen LogP contribution in [-0.2, 0) is 16.1 Å². The van der Waals surface area contributed by atoms with Gasteiger partial charge < -0.3 is 19.5 Å². The Balaban J connectivity index is 1.79. The minimum Gasteiger partial charge on any atom is -0.444 e. The highest BCUT2D eigenvalue weighted by atomic mass is 16.6. The number of carbonyl (C=O) groups excluding carboxylic acids is 2. The molecule has 1 aromatic rings. The highest BCUT2D eigenvalue weighted by molar-refractivity contribution is 5.76. The van der Waals surface area contributed by atoms with Crippen molar-refractivity contribution in [3.05, 3.63) is 34.7 Å². The van der Waals surface area contributed by atoms with Crippen LogP contribution in [0.15, 0.2) is 29.2 Å². The summed E-state index contributed by atoms with van der Waals surface area (Å²) in [6, 6.07) is 4.79. The number of likely N-dealkylation sites (tertiary alicyclic amines) is 1. The second-order valence-corrected chi connectivity index (χ2v) is 6.98. The third kappa shape index (κ3) is 5.40. The number of carbonyl (C=O) groups is 2. The van der Waals surface area contributed by atoms with Gasteiger partial charge in [0.2, 0.25) is 5.91 Å². The topological polar surface area (TPSA) is 80.6 Å². The Hall–Kier alpha value is -2.31. The standard InChI is InChI=1S/C17H25N3O4/c1-17(2,3)24-16(23)19-10-7-13(8-11-19)18-14(21)12-20-9-5-4-6-15(20)22/h4-6,9,13H,7-8,10-12H2,1-3H3,(H,18,21). The highest BCUT2D eigenvalue weighted by Crippen LogP contribution is 2.15. The molecule has 1 aliphatic heterocycles. The van der Waals surface area contributed by atoms with Gasteiger partial charge in [0.1, 0.15) is 12.1 Å². The molecule has 7 nitrogen and oxygen atoms in total. The Bertz CT molecular complexity index is 640. The lowest BCUT2D eigenvalue weighted by Crippen LogP contribution is -2.48. The molecule has 0 saturated carbocycles. The monoisotopic (exact) mass is 335 g/mol. The van der Waals surface area contributed by atoms with E-state index < -0.39 is 5.60 Å². The van der Waals surface area contributed by atoms with Gasteiger partial charge >= 0.3 is 6.09 Å². The molecular weight excluding hydrogens is 310 g/mol. The van der Waals surface area contributed by atoms with Crippen molar-refractivity contribution in [1.82, 2.24) is 14.8 Å².